The lowest BCUT2D eigenvalue weighted by atomic mass is 10.0. The van der Waals surface area contributed by atoms with Crippen molar-refractivity contribution in [3.05, 3.63) is 220 Å². The van der Waals surface area contributed by atoms with Crippen LogP contribution in [-0.4, -0.2) is 193 Å². The van der Waals surface area contributed by atoms with E-state index in [4.69, 9.17) is 25.8 Å². The first-order valence-corrected chi connectivity index (χ1v) is 41.1. The SMILES string of the molecule is CCCCN(C)Cc1cn[nH]c1-c1ccc(OC(C)C)c(Cl)c1.CCCN(C)Cc1cn[nH]c1-c1cc(C)c(OC(C)C)c(C)c1.CCCN(C)Cc1cn[nH]c1-c1ccc(Oc2ccccc2)cc1.CCCN(C)Cc1cn[nH]c1-c1cccc(C(=O)N(C)CC)c1.CCCN(C)Cc1cn[nH]c1-c1cccc(C(=O)NCC)c1. The lowest BCUT2D eigenvalue weighted by Gasteiger charge is -2.18. The Bertz CT molecular complexity index is 4620. The molecule has 23 heteroatoms. The topological polar surface area (TPSA) is 237 Å². The summed E-state index contributed by atoms with van der Waals surface area (Å²) >= 11 is 6.35. The van der Waals surface area contributed by atoms with E-state index < -0.39 is 0 Å². The van der Waals surface area contributed by atoms with Gasteiger partial charge in [-0.25, -0.2) is 0 Å². The molecule has 2 amide bonds. The van der Waals surface area contributed by atoms with Gasteiger partial charge >= 0.3 is 0 Å². The standard InChI is InChI=1S/C20H23N3O.C19H29N3O.C18H26ClN3O.C18H26N4O.C17H24N4O/c1-3-13-23(2)15-17-14-21-22-20(17)16-9-11-19(12-10-16)24-18-7-5-4-6-8-18;1-7-8-22(6)12-17-11-20-21-18(17)16-9-14(4)19(15(5)10-16)23-13(2)3;1-5-6-9-22(4)12-15-11-20-21-18(15)14-7-8-17(16(19)10-14)23-13(2)3;1-5-10-21(3)13-16-12-19-20-17(16)14-8-7-9-15(11-14)18(23)22(4)6-2;1-4-9-21(3)12-15-11-19-20-16(15)13-7-6-8-14(10-13)17(22)18-5-2/h4-12,14H,3,13,15H2,1-2H3,(H,21,22);9-11,13H,7-8,12H2,1-6H3,(H,20,21);7-8,10-11,13H,5-6,9,12H2,1-4H3,(H,20,21);7-9,11-12H,5-6,10,13H2,1-4H3,(H,19,20);6-8,10-11H,4-5,9,12H2,1-3H3,(H,18,22)(H,19,20). The molecule has 11 rings (SSSR count). The van der Waals surface area contributed by atoms with Gasteiger partial charge in [0.15, 0.2) is 0 Å². The average Bonchev–Trinajstić information content (AvgIpc) is 1.61. The molecule has 0 saturated heterocycles. The second kappa shape index (κ2) is 48.2. The molecular formula is C92H128ClN17O5. The number of H-pyrrole nitrogens is 5. The average molecular weight is 1590 g/mol. The smallest absolute Gasteiger partial charge is 0.253 e. The summed E-state index contributed by atoms with van der Waals surface area (Å²) in [5.74, 6) is 3.37. The number of amides is 2. The predicted octanol–water partition coefficient (Wildman–Crippen LogP) is 19.5. The van der Waals surface area contributed by atoms with E-state index >= 15 is 0 Å². The highest BCUT2D eigenvalue weighted by molar-refractivity contribution is 6.32. The molecule has 5 heterocycles. The highest BCUT2D eigenvalue weighted by atomic mass is 35.5. The number of nitrogens with one attached hydrogen (secondary N) is 6. The molecule has 11 aromatic rings. The van der Waals surface area contributed by atoms with E-state index in [9.17, 15) is 9.59 Å². The van der Waals surface area contributed by atoms with Crippen LogP contribution >= 0.6 is 11.6 Å². The van der Waals surface area contributed by atoms with Crippen molar-refractivity contribution < 1.29 is 23.8 Å². The number of benzene rings is 6. The van der Waals surface area contributed by atoms with Gasteiger partial charge in [-0.05, 0) is 258 Å². The largest absolute Gasteiger partial charge is 0.490 e. The van der Waals surface area contributed by atoms with Crippen molar-refractivity contribution in [2.75, 3.05) is 88.1 Å². The van der Waals surface area contributed by atoms with Gasteiger partial charge in [-0.3, -0.25) is 35.1 Å². The molecule has 5 aromatic heterocycles. The third kappa shape index (κ3) is 29.2. The van der Waals surface area contributed by atoms with Gasteiger partial charge in [0.25, 0.3) is 11.8 Å². The Morgan fingerprint density at radius 3 is 1.20 bits per heavy atom. The first kappa shape index (κ1) is 92.0. The van der Waals surface area contributed by atoms with Crippen LogP contribution in [0.25, 0.3) is 56.3 Å². The third-order valence-corrected chi connectivity index (χ3v) is 19.2. The lowest BCUT2D eigenvalue weighted by Crippen LogP contribution is -2.26. The highest BCUT2D eigenvalue weighted by Crippen LogP contribution is 2.35. The molecule has 0 radical (unpaired) electrons. The number of hydrogen-bond donors (Lipinski definition) is 6. The van der Waals surface area contributed by atoms with Gasteiger partial charge in [0.05, 0.1) is 76.7 Å². The second-order valence-electron chi connectivity index (χ2n) is 30.1. The van der Waals surface area contributed by atoms with E-state index in [1.54, 1.807) is 4.90 Å². The van der Waals surface area contributed by atoms with Crippen LogP contribution in [0.5, 0.6) is 23.0 Å². The Morgan fingerprint density at radius 2 is 0.800 bits per heavy atom. The lowest BCUT2D eigenvalue weighted by molar-refractivity contribution is 0.0802. The molecule has 0 unspecified atom stereocenters. The van der Waals surface area contributed by atoms with Crippen molar-refractivity contribution in [1.82, 2.24) is 85.7 Å². The van der Waals surface area contributed by atoms with E-state index in [0.717, 1.165) is 181 Å². The summed E-state index contributed by atoms with van der Waals surface area (Å²) < 4.78 is 17.5. The zero-order chi connectivity index (χ0) is 83.3. The van der Waals surface area contributed by atoms with Gasteiger partial charge in [0.2, 0.25) is 0 Å². The molecule has 115 heavy (non-hydrogen) atoms. The molecule has 0 aliphatic rings. The van der Waals surface area contributed by atoms with Crippen LogP contribution < -0.4 is 19.5 Å². The summed E-state index contributed by atoms with van der Waals surface area (Å²) in [5.41, 5.74) is 20.1. The number of carbonyl (C=O) groups is 2. The van der Waals surface area contributed by atoms with E-state index in [-0.39, 0.29) is 24.0 Å². The summed E-state index contributed by atoms with van der Waals surface area (Å²) in [6, 6.07) is 43.5. The molecule has 0 saturated carbocycles. The number of rotatable bonds is 36. The number of aryl methyl sites for hydroxylation is 2. The van der Waals surface area contributed by atoms with E-state index in [0.29, 0.717) is 35.0 Å². The minimum atomic E-state index is -0.0477. The Balaban J connectivity index is 0.000000199. The van der Waals surface area contributed by atoms with Crippen LogP contribution in [0.15, 0.2) is 164 Å². The minimum absolute atomic E-state index is 0.0403. The number of carbonyl (C=O) groups excluding carboxylic acids is 2. The summed E-state index contributed by atoms with van der Waals surface area (Å²) in [6.45, 7) is 38.1. The highest BCUT2D eigenvalue weighted by Gasteiger charge is 2.20. The summed E-state index contributed by atoms with van der Waals surface area (Å²) in [4.78, 5) is 37.5. The van der Waals surface area contributed by atoms with Crippen LogP contribution in [0.4, 0.5) is 0 Å². The van der Waals surface area contributed by atoms with Crippen LogP contribution in [0.2, 0.25) is 5.02 Å². The first-order chi connectivity index (χ1) is 55.4. The zero-order valence-electron chi connectivity index (χ0n) is 71.8. The molecule has 22 nitrogen and oxygen atoms in total. The minimum Gasteiger partial charge on any atom is -0.490 e. The molecule has 618 valence electrons. The summed E-state index contributed by atoms with van der Waals surface area (Å²) in [5, 5.41) is 40.0. The molecule has 6 N–H and O–H groups in total. The van der Waals surface area contributed by atoms with Crippen molar-refractivity contribution in [2.45, 2.75) is 173 Å². The number of halogens is 1. The fourth-order valence-corrected chi connectivity index (χ4v) is 13.5. The molecule has 0 fully saturated rings. The zero-order valence-corrected chi connectivity index (χ0v) is 72.6. The number of aromatic nitrogens is 10. The Morgan fingerprint density at radius 1 is 0.417 bits per heavy atom. The maximum Gasteiger partial charge on any atom is 0.253 e. The Labute approximate surface area is 689 Å². The van der Waals surface area contributed by atoms with Gasteiger partial charge < -0.3 is 48.9 Å². The number of ether oxygens (including phenoxy) is 3. The van der Waals surface area contributed by atoms with E-state index in [2.05, 4.69) is 203 Å². The number of hydrogen-bond acceptors (Lipinski definition) is 15. The third-order valence-electron chi connectivity index (χ3n) is 18.9. The van der Waals surface area contributed by atoms with Gasteiger partial charge in [-0.15, -0.1) is 0 Å². The van der Waals surface area contributed by atoms with Crippen molar-refractivity contribution in [3.63, 3.8) is 0 Å². The monoisotopic (exact) mass is 1590 g/mol. The van der Waals surface area contributed by atoms with Crippen molar-refractivity contribution in [1.29, 1.82) is 0 Å². The van der Waals surface area contributed by atoms with Gasteiger partial charge in [0.1, 0.15) is 23.0 Å². The van der Waals surface area contributed by atoms with Gasteiger partial charge in [-0.2, -0.15) is 25.5 Å². The molecular weight excluding hydrogens is 1460 g/mol. The van der Waals surface area contributed by atoms with Crippen molar-refractivity contribution in [3.8, 4) is 79.3 Å². The Kier molecular flexibility index (Phi) is 38.6. The quantitative estimate of drug-likeness (QED) is 0.0214. The first-order valence-electron chi connectivity index (χ1n) is 40.8. The predicted molar refractivity (Wildman–Crippen MR) is 471 cm³/mol. The molecule has 0 aliphatic carbocycles. The number of aromatic amines is 5. The Hall–Kier alpha value is -10.2. The van der Waals surface area contributed by atoms with Crippen LogP contribution in [-0.2, 0) is 32.7 Å². The second-order valence-corrected chi connectivity index (χ2v) is 30.5. The van der Waals surface area contributed by atoms with Gasteiger partial charge in [0, 0.05) is 120 Å². The number of para-hydroxylation sites is 1. The van der Waals surface area contributed by atoms with E-state index in [1.165, 1.54) is 35.1 Å². The molecule has 6 aromatic carbocycles. The molecule has 0 spiro atoms. The van der Waals surface area contributed by atoms with Crippen molar-refractivity contribution >= 4 is 23.4 Å². The maximum absolute atomic E-state index is 12.3. The molecule has 0 atom stereocenters. The maximum atomic E-state index is 12.3. The summed E-state index contributed by atoms with van der Waals surface area (Å²) in [6.07, 6.45) is 16.7. The summed E-state index contributed by atoms with van der Waals surface area (Å²) in [7, 11) is 12.4. The van der Waals surface area contributed by atoms with E-state index in [1.807, 2.05) is 175 Å². The van der Waals surface area contributed by atoms with Gasteiger partial charge in [-0.1, -0.05) is 95.1 Å². The number of unbranched alkanes of at least 4 members (excludes halogenated alkanes) is 1. The normalized spacial score (nSPS) is 11.2. The van der Waals surface area contributed by atoms with Crippen LogP contribution in [0.3, 0.4) is 0 Å². The molecule has 0 aliphatic heterocycles. The van der Waals surface area contributed by atoms with Crippen molar-refractivity contribution in [2.24, 2.45) is 0 Å². The number of nitrogens with zero attached hydrogens (tertiary/aromatic N) is 11. The van der Waals surface area contributed by atoms with Crippen LogP contribution in [0, 0.1) is 13.8 Å². The fourth-order valence-electron chi connectivity index (χ4n) is 13.3. The van der Waals surface area contributed by atoms with Crippen LogP contribution in [0.1, 0.15) is 174 Å². The fraction of sp³-hybridized carbons (Fsp3) is 0.424. The molecule has 0 bridgehead atoms.